The fourth-order valence-corrected chi connectivity index (χ4v) is 7.44. The fraction of sp³-hybridized carbons (Fsp3) is 0.0455. The molecule has 0 radical (unpaired) electrons. The molecule has 0 saturated carbocycles. The van der Waals surface area contributed by atoms with Gasteiger partial charge >= 0.3 is 0 Å². The van der Waals surface area contributed by atoms with Crippen LogP contribution in [0, 0.1) is 0 Å². The highest BCUT2D eigenvalue weighted by Crippen LogP contribution is 2.58. The van der Waals surface area contributed by atoms with Crippen LogP contribution >= 0.6 is 7.26 Å². The Hall–Kier alpha value is -2.22. The Balaban J connectivity index is 0.00000196. The van der Waals surface area contributed by atoms with Gasteiger partial charge < -0.3 is 21.5 Å². The average Bonchev–Trinajstić information content (AvgIpc) is 3.21. The Bertz CT molecular complexity index is 816. The van der Waals surface area contributed by atoms with E-state index in [0.717, 1.165) is 11.9 Å². The third-order valence-electron chi connectivity index (χ3n) is 4.48. The number of hydrogen-bond donors (Lipinski definition) is 0. The molecular formula is C22H19BrNOP. The van der Waals surface area contributed by atoms with E-state index in [9.17, 15) is 0 Å². The number of rotatable bonds is 5. The Morgan fingerprint density at radius 2 is 1.04 bits per heavy atom. The van der Waals surface area contributed by atoms with E-state index in [-0.39, 0.29) is 17.0 Å². The lowest BCUT2D eigenvalue weighted by Gasteiger charge is -2.26. The second kappa shape index (κ2) is 8.44. The Labute approximate surface area is 165 Å². The summed E-state index contributed by atoms with van der Waals surface area (Å²) in [5.74, 6) is 0.921. The van der Waals surface area contributed by atoms with Gasteiger partial charge in [0.25, 0.3) is 0 Å². The minimum absolute atomic E-state index is 0. The van der Waals surface area contributed by atoms with E-state index in [2.05, 4.69) is 96.2 Å². The first-order chi connectivity index (χ1) is 12.4. The Morgan fingerprint density at radius 1 is 0.615 bits per heavy atom. The van der Waals surface area contributed by atoms with Crippen LogP contribution in [0.25, 0.3) is 0 Å². The van der Waals surface area contributed by atoms with Crippen LogP contribution in [0.1, 0.15) is 5.76 Å². The van der Waals surface area contributed by atoms with Gasteiger partial charge in [0.05, 0.1) is 6.20 Å². The van der Waals surface area contributed by atoms with Crippen molar-refractivity contribution >= 4 is 23.2 Å². The van der Waals surface area contributed by atoms with Gasteiger partial charge in [-0.2, -0.15) is 0 Å². The highest BCUT2D eigenvalue weighted by molar-refractivity contribution is 7.95. The van der Waals surface area contributed by atoms with Crippen LogP contribution in [0.2, 0.25) is 0 Å². The molecule has 0 aliphatic heterocycles. The van der Waals surface area contributed by atoms with Crippen LogP contribution in [-0.4, -0.2) is 5.16 Å². The molecule has 0 aliphatic rings. The van der Waals surface area contributed by atoms with Crippen molar-refractivity contribution in [3.63, 3.8) is 0 Å². The third-order valence-corrected chi connectivity index (χ3v) is 8.80. The van der Waals surface area contributed by atoms with Crippen LogP contribution < -0.4 is 32.9 Å². The number of hydrogen-bond acceptors (Lipinski definition) is 2. The van der Waals surface area contributed by atoms with Crippen molar-refractivity contribution in [3.05, 3.63) is 109 Å². The maximum absolute atomic E-state index is 5.53. The van der Waals surface area contributed by atoms with Gasteiger partial charge in [-0.15, -0.1) is 0 Å². The highest BCUT2D eigenvalue weighted by atomic mass is 79.9. The normalized spacial score (nSPS) is 10.9. The smallest absolute Gasteiger partial charge is 0.174 e. The van der Waals surface area contributed by atoms with Gasteiger partial charge in [0, 0.05) is 6.07 Å². The standard InChI is InChI=1S/C22H19NOP.BrH/c1-4-10-20(11-5-1)25(18-19-16-17-23-24-19,21-12-6-2-7-13-21)22-14-8-3-9-15-22;/h1-17H,18H2;1H/q+1;/p-1. The molecule has 1 heterocycles. The van der Waals surface area contributed by atoms with Crippen LogP contribution in [0.3, 0.4) is 0 Å². The van der Waals surface area contributed by atoms with E-state index >= 15 is 0 Å². The topological polar surface area (TPSA) is 26.0 Å². The summed E-state index contributed by atoms with van der Waals surface area (Å²) in [4.78, 5) is 0. The van der Waals surface area contributed by atoms with Crippen molar-refractivity contribution in [1.82, 2.24) is 5.16 Å². The van der Waals surface area contributed by atoms with Crippen molar-refractivity contribution in [3.8, 4) is 0 Å². The van der Waals surface area contributed by atoms with Gasteiger partial charge in [-0.25, -0.2) is 0 Å². The first-order valence-corrected chi connectivity index (χ1v) is 10.3. The molecule has 0 bridgehead atoms. The van der Waals surface area contributed by atoms with Crippen LogP contribution in [0.15, 0.2) is 108 Å². The molecule has 0 spiro atoms. The number of benzene rings is 3. The Morgan fingerprint density at radius 3 is 1.38 bits per heavy atom. The van der Waals surface area contributed by atoms with Gasteiger partial charge in [-0.1, -0.05) is 59.8 Å². The quantitative estimate of drug-likeness (QED) is 0.450. The Kier molecular flexibility index (Phi) is 6.03. The molecule has 3 aromatic carbocycles. The van der Waals surface area contributed by atoms with Crippen molar-refractivity contribution in [2.45, 2.75) is 6.16 Å². The zero-order valence-corrected chi connectivity index (χ0v) is 16.7. The largest absolute Gasteiger partial charge is 1.00 e. The first kappa shape index (κ1) is 18.6. The number of halogens is 1. The summed E-state index contributed by atoms with van der Waals surface area (Å²) in [6.07, 6.45) is 2.55. The van der Waals surface area contributed by atoms with Crippen molar-refractivity contribution in [1.29, 1.82) is 0 Å². The third kappa shape index (κ3) is 3.51. The summed E-state index contributed by atoms with van der Waals surface area (Å²) in [7, 11) is -1.88. The lowest BCUT2D eigenvalue weighted by Crippen LogP contribution is -3.00. The van der Waals surface area contributed by atoms with E-state index in [4.69, 9.17) is 4.52 Å². The maximum Gasteiger partial charge on any atom is 0.174 e. The monoisotopic (exact) mass is 423 g/mol. The highest BCUT2D eigenvalue weighted by Gasteiger charge is 2.46. The van der Waals surface area contributed by atoms with Gasteiger partial charge in [-0.05, 0) is 36.4 Å². The van der Waals surface area contributed by atoms with Gasteiger partial charge in [0.2, 0.25) is 0 Å². The zero-order chi connectivity index (χ0) is 17.0. The predicted octanol–water partition coefficient (Wildman–Crippen LogP) is 1.17. The van der Waals surface area contributed by atoms with E-state index in [0.29, 0.717) is 0 Å². The molecule has 4 heteroatoms. The van der Waals surface area contributed by atoms with Crippen molar-refractivity contribution in [2.75, 3.05) is 0 Å². The van der Waals surface area contributed by atoms with Crippen LogP contribution in [-0.2, 0) is 6.16 Å². The molecule has 0 amide bonds. The summed E-state index contributed by atoms with van der Waals surface area (Å²) < 4.78 is 5.53. The molecule has 4 rings (SSSR count). The van der Waals surface area contributed by atoms with E-state index in [1.807, 2.05) is 6.07 Å². The zero-order valence-electron chi connectivity index (χ0n) is 14.2. The second-order valence-electron chi connectivity index (χ2n) is 5.95. The SMILES string of the molecule is [Br-].c1ccc([P+](Cc2ccno2)(c2ccccc2)c2ccccc2)cc1. The molecule has 0 atom stereocenters. The molecule has 0 N–H and O–H groups in total. The number of aromatic nitrogens is 1. The van der Waals surface area contributed by atoms with Crippen molar-refractivity contribution < 1.29 is 21.5 Å². The van der Waals surface area contributed by atoms with Gasteiger partial charge in [-0.3, -0.25) is 0 Å². The van der Waals surface area contributed by atoms with E-state index in [1.54, 1.807) is 6.20 Å². The molecular weight excluding hydrogens is 405 g/mol. The number of nitrogens with zero attached hydrogens (tertiary/aromatic N) is 1. The lowest BCUT2D eigenvalue weighted by atomic mass is 10.4. The minimum atomic E-state index is -1.88. The van der Waals surface area contributed by atoms with Crippen LogP contribution in [0.5, 0.6) is 0 Å². The summed E-state index contributed by atoms with van der Waals surface area (Å²) >= 11 is 0. The summed E-state index contributed by atoms with van der Waals surface area (Å²) in [6.45, 7) is 0. The van der Waals surface area contributed by atoms with E-state index in [1.165, 1.54) is 15.9 Å². The average molecular weight is 424 g/mol. The molecule has 0 saturated heterocycles. The predicted molar refractivity (Wildman–Crippen MR) is 105 cm³/mol. The van der Waals surface area contributed by atoms with Gasteiger partial charge in [0.1, 0.15) is 29.3 Å². The molecule has 0 fully saturated rings. The van der Waals surface area contributed by atoms with Gasteiger partial charge in [0.15, 0.2) is 5.76 Å². The maximum atomic E-state index is 5.53. The summed E-state index contributed by atoms with van der Waals surface area (Å²) in [5.41, 5.74) is 0. The van der Waals surface area contributed by atoms with Crippen LogP contribution in [0.4, 0.5) is 0 Å². The molecule has 26 heavy (non-hydrogen) atoms. The molecule has 2 nitrogen and oxygen atoms in total. The summed E-state index contributed by atoms with van der Waals surface area (Å²) in [6, 6.07) is 34.4. The lowest BCUT2D eigenvalue weighted by molar-refractivity contribution is -0.00000538. The van der Waals surface area contributed by atoms with E-state index < -0.39 is 7.26 Å². The molecule has 1 aromatic heterocycles. The first-order valence-electron chi connectivity index (χ1n) is 8.34. The minimum Gasteiger partial charge on any atom is -1.00 e. The second-order valence-corrected chi connectivity index (χ2v) is 9.44. The van der Waals surface area contributed by atoms with Crippen molar-refractivity contribution in [2.24, 2.45) is 0 Å². The fourth-order valence-electron chi connectivity index (χ4n) is 3.33. The summed E-state index contributed by atoms with van der Waals surface area (Å²) in [5, 5.41) is 7.98. The molecule has 0 unspecified atom stereocenters. The molecule has 0 aliphatic carbocycles. The molecule has 130 valence electrons. The molecule has 4 aromatic rings.